The molecule has 0 bridgehead atoms. The van der Waals surface area contributed by atoms with E-state index < -0.39 is 31.2 Å². The van der Waals surface area contributed by atoms with Crippen molar-refractivity contribution in [1.29, 1.82) is 0 Å². The van der Waals surface area contributed by atoms with Crippen LogP contribution in [0.1, 0.15) is 12.1 Å². The Morgan fingerprint density at radius 1 is 0.744 bits per heavy atom. The second-order valence-electron chi connectivity index (χ2n) is 8.70. The molecule has 1 aromatic heterocycles. The maximum absolute atomic E-state index is 10.8. The number of aromatic nitrogens is 3. The molecule has 0 amide bonds. The van der Waals surface area contributed by atoms with Crippen LogP contribution >= 0.6 is 0 Å². The van der Waals surface area contributed by atoms with Crippen molar-refractivity contribution in [3.8, 4) is 0 Å². The molecule has 3 heterocycles. The van der Waals surface area contributed by atoms with Gasteiger partial charge in [-0.15, -0.1) is 16.2 Å². The third kappa shape index (κ3) is 15.0. The molecule has 0 radical (unpaired) electrons. The third-order valence-electron chi connectivity index (χ3n) is 5.12. The van der Waals surface area contributed by atoms with Crippen LogP contribution in [0.15, 0.2) is 30.0 Å². The first-order valence-electron chi connectivity index (χ1n) is 12.2. The van der Waals surface area contributed by atoms with Gasteiger partial charge in [0.25, 0.3) is 0 Å². The zero-order valence-corrected chi connectivity index (χ0v) is 24.8. The van der Waals surface area contributed by atoms with E-state index in [4.69, 9.17) is 18.4 Å². The SMILES string of the molecule is O=S(=O)(O)OCCCOCN1C=C(CN(CC2=CN(CCOS(=O)(=O)O)NN2)Cc2cn(CCOS(=O)(=O)O)nn2)NN1. The van der Waals surface area contributed by atoms with Crippen LogP contribution in [0.4, 0.5) is 0 Å². The molecular weight excluding hydrogens is 648 g/mol. The van der Waals surface area contributed by atoms with Crippen LogP contribution in [0.25, 0.3) is 0 Å². The molecule has 0 saturated heterocycles. The van der Waals surface area contributed by atoms with Gasteiger partial charge >= 0.3 is 31.2 Å². The Hall–Kier alpha value is -2.73. The highest BCUT2D eigenvalue weighted by Crippen LogP contribution is 2.11. The monoisotopic (exact) mass is 680 g/mol. The number of nitrogens with one attached hydrogen (secondary N) is 4. The van der Waals surface area contributed by atoms with Crippen LogP contribution in [0.5, 0.6) is 0 Å². The van der Waals surface area contributed by atoms with E-state index in [1.165, 1.54) is 9.69 Å². The number of hydrogen-bond acceptors (Lipinski definition) is 19. The van der Waals surface area contributed by atoms with Crippen molar-refractivity contribution in [3.63, 3.8) is 0 Å². The van der Waals surface area contributed by atoms with Gasteiger partial charge in [-0.3, -0.25) is 28.6 Å². The molecular formula is C17H32N10O13S3. The lowest BCUT2D eigenvalue weighted by molar-refractivity contribution is 0.0246. The van der Waals surface area contributed by atoms with E-state index in [0.717, 1.165) is 5.70 Å². The first-order valence-corrected chi connectivity index (χ1v) is 16.3. The fraction of sp³-hybridized carbons (Fsp3) is 0.647. The smallest absolute Gasteiger partial charge is 0.360 e. The fourth-order valence-electron chi connectivity index (χ4n) is 3.51. The van der Waals surface area contributed by atoms with E-state index in [0.29, 0.717) is 24.5 Å². The van der Waals surface area contributed by atoms with E-state index in [2.05, 4.69) is 44.8 Å². The first-order chi connectivity index (χ1) is 20.1. The molecule has 43 heavy (non-hydrogen) atoms. The van der Waals surface area contributed by atoms with Crippen molar-refractivity contribution < 1.29 is 56.2 Å². The van der Waals surface area contributed by atoms with Crippen LogP contribution in [-0.2, 0) is 61.6 Å². The molecule has 23 nitrogen and oxygen atoms in total. The molecule has 1 aromatic rings. The van der Waals surface area contributed by atoms with Crippen LogP contribution in [0, 0.1) is 0 Å². The van der Waals surface area contributed by atoms with Gasteiger partial charge in [0.15, 0.2) is 0 Å². The molecule has 0 saturated carbocycles. The molecule has 0 aliphatic carbocycles. The minimum Gasteiger partial charge on any atom is -0.360 e. The van der Waals surface area contributed by atoms with Crippen LogP contribution in [-0.4, -0.2) is 122 Å². The number of hydrazine groups is 4. The van der Waals surface area contributed by atoms with Crippen molar-refractivity contribution in [2.75, 3.05) is 52.8 Å². The average Bonchev–Trinajstić information content (AvgIpc) is 3.61. The summed E-state index contributed by atoms with van der Waals surface area (Å²) >= 11 is 0. The maximum Gasteiger partial charge on any atom is 0.397 e. The van der Waals surface area contributed by atoms with E-state index in [1.54, 1.807) is 23.6 Å². The van der Waals surface area contributed by atoms with Gasteiger partial charge in [-0.1, -0.05) is 5.21 Å². The van der Waals surface area contributed by atoms with Gasteiger partial charge < -0.3 is 15.6 Å². The molecule has 0 spiro atoms. The zero-order chi connectivity index (χ0) is 31.5. The van der Waals surface area contributed by atoms with Gasteiger partial charge in [0, 0.05) is 38.2 Å². The summed E-state index contributed by atoms with van der Waals surface area (Å²) in [4.78, 5) is 1.94. The summed E-state index contributed by atoms with van der Waals surface area (Å²) in [7, 11) is -13.6. The predicted octanol–water partition coefficient (Wildman–Crippen LogP) is -3.77. The summed E-state index contributed by atoms with van der Waals surface area (Å²) in [5.41, 5.74) is 13.6. The molecule has 0 atom stereocenters. The predicted molar refractivity (Wildman–Crippen MR) is 140 cm³/mol. The van der Waals surface area contributed by atoms with Crippen molar-refractivity contribution in [2.45, 2.75) is 19.5 Å². The zero-order valence-electron chi connectivity index (χ0n) is 22.3. The largest absolute Gasteiger partial charge is 0.397 e. The van der Waals surface area contributed by atoms with Crippen molar-refractivity contribution in [1.82, 2.24) is 51.8 Å². The van der Waals surface area contributed by atoms with Gasteiger partial charge in [0.2, 0.25) is 0 Å². The van der Waals surface area contributed by atoms with E-state index >= 15 is 0 Å². The lowest BCUT2D eigenvalue weighted by atomic mass is 10.3. The normalized spacial score (nSPS) is 16.0. The quantitative estimate of drug-likeness (QED) is 0.0484. The molecule has 0 aromatic carbocycles. The van der Waals surface area contributed by atoms with E-state index in [9.17, 15) is 25.3 Å². The highest BCUT2D eigenvalue weighted by Gasteiger charge is 2.20. The Morgan fingerprint density at radius 3 is 1.93 bits per heavy atom. The van der Waals surface area contributed by atoms with Gasteiger partial charge in [0.1, 0.15) is 6.73 Å². The number of ether oxygens (including phenoxy) is 1. The summed E-state index contributed by atoms with van der Waals surface area (Å²) in [6.07, 6.45) is 5.21. The molecule has 3 rings (SSSR count). The lowest BCUT2D eigenvalue weighted by Gasteiger charge is -2.21. The summed E-state index contributed by atoms with van der Waals surface area (Å²) in [6.45, 7) is 0.404. The molecule has 2 aliphatic heterocycles. The molecule has 2 aliphatic rings. The van der Waals surface area contributed by atoms with Gasteiger partial charge in [-0.05, 0) is 6.42 Å². The van der Waals surface area contributed by atoms with Crippen LogP contribution < -0.4 is 21.9 Å². The minimum atomic E-state index is -4.58. The second-order valence-corrected chi connectivity index (χ2v) is 12.0. The number of nitrogens with zero attached hydrogens (tertiary/aromatic N) is 6. The Labute approximate surface area is 247 Å². The van der Waals surface area contributed by atoms with Gasteiger partial charge in [-0.2, -0.15) is 25.3 Å². The van der Waals surface area contributed by atoms with E-state index in [-0.39, 0.29) is 59.2 Å². The Morgan fingerprint density at radius 2 is 1.30 bits per heavy atom. The molecule has 246 valence electrons. The number of hydrogen-bond donors (Lipinski definition) is 7. The summed E-state index contributed by atoms with van der Waals surface area (Å²) in [5, 5.41) is 11.1. The summed E-state index contributed by atoms with van der Waals surface area (Å²) in [5.74, 6) is 0. The minimum absolute atomic E-state index is 0.0114. The third-order valence-corrected chi connectivity index (χ3v) is 6.51. The second kappa shape index (κ2) is 15.8. The highest BCUT2D eigenvalue weighted by atomic mass is 32.3. The fourth-order valence-corrected chi connectivity index (χ4v) is 4.41. The lowest BCUT2D eigenvalue weighted by Crippen LogP contribution is -2.41. The topological polar surface area (TPSA) is 289 Å². The number of rotatable bonds is 21. The van der Waals surface area contributed by atoms with Crippen LogP contribution in [0.2, 0.25) is 0 Å². The summed E-state index contributed by atoms with van der Waals surface area (Å²) < 4.78 is 110. The van der Waals surface area contributed by atoms with Crippen molar-refractivity contribution in [2.24, 2.45) is 0 Å². The average molecular weight is 681 g/mol. The molecule has 26 heteroatoms. The maximum atomic E-state index is 10.8. The highest BCUT2D eigenvalue weighted by molar-refractivity contribution is 7.81. The van der Waals surface area contributed by atoms with E-state index in [1.807, 2.05) is 4.90 Å². The van der Waals surface area contributed by atoms with Crippen LogP contribution in [0.3, 0.4) is 0 Å². The van der Waals surface area contributed by atoms with Gasteiger partial charge in [0.05, 0.1) is 56.6 Å². The molecule has 0 fully saturated rings. The van der Waals surface area contributed by atoms with Gasteiger partial charge in [-0.25, -0.2) is 17.2 Å². The molecule has 0 unspecified atom stereocenters. The molecule has 7 N–H and O–H groups in total. The standard InChI is InChI=1S/C17H32N10O13S3/c28-41(29,30)38-5-1-4-37-14-27-13-17(20-23-27)10-24(8-15-11-25(21-18-15)2-6-39-42(31,32)33)9-16-12-26(22-19-16)3-7-40-43(34,35)36/h11-13,18,20-21,23H,1-10,14H2,(H,28,29,30)(H,31,32,33)(H,34,35,36). The Kier molecular flexibility index (Phi) is 12.8. The first kappa shape index (κ1) is 34.8. The van der Waals surface area contributed by atoms with Crippen molar-refractivity contribution >= 4 is 31.2 Å². The Balaban J connectivity index is 1.56. The Bertz CT molecular complexity index is 1430. The summed E-state index contributed by atoms with van der Waals surface area (Å²) in [6, 6.07) is 0. The van der Waals surface area contributed by atoms with Crippen molar-refractivity contribution in [3.05, 3.63) is 35.7 Å².